The van der Waals surface area contributed by atoms with Crippen LogP contribution in [-0.4, -0.2) is 70.8 Å². The fourth-order valence-electron chi connectivity index (χ4n) is 5.04. The van der Waals surface area contributed by atoms with Crippen LogP contribution in [0.5, 0.6) is 0 Å². The van der Waals surface area contributed by atoms with Gasteiger partial charge in [0.05, 0.1) is 30.9 Å². The Kier molecular flexibility index (Phi) is 8.94. The van der Waals surface area contributed by atoms with Gasteiger partial charge in [0.25, 0.3) is 5.91 Å². The number of carbonyl (C=O) groups is 2. The number of fused-ring (bicyclic) bond motifs is 3. The molecule has 7 heteroatoms. The topological polar surface area (TPSA) is 90.3 Å². The predicted octanol–water partition coefficient (Wildman–Crippen LogP) is 4.54. The first-order valence-corrected chi connectivity index (χ1v) is 13.0. The maximum absolute atomic E-state index is 13.9. The van der Waals surface area contributed by atoms with Gasteiger partial charge in [-0.3, -0.25) is 9.69 Å². The van der Waals surface area contributed by atoms with E-state index < -0.39 is 5.97 Å². The molecule has 0 aliphatic carbocycles. The summed E-state index contributed by atoms with van der Waals surface area (Å²) >= 11 is 0. The van der Waals surface area contributed by atoms with Crippen LogP contribution < -0.4 is 0 Å². The van der Waals surface area contributed by atoms with E-state index >= 15 is 0 Å². The minimum Gasteiger partial charge on any atom is -0.478 e. The number of likely N-dealkylation sites (N-methyl/N-ethyl adjacent to an activating group) is 1. The summed E-state index contributed by atoms with van der Waals surface area (Å²) < 4.78 is 6.56. The molecule has 0 radical (unpaired) electrons. The maximum atomic E-state index is 13.9. The van der Waals surface area contributed by atoms with Crippen molar-refractivity contribution < 1.29 is 24.5 Å². The molecule has 38 heavy (non-hydrogen) atoms. The van der Waals surface area contributed by atoms with Gasteiger partial charge in [0.15, 0.2) is 0 Å². The number of amides is 1. The number of hydrogen-bond acceptors (Lipinski definition) is 5. The highest BCUT2D eigenvalue weighted by Crippen LogP contribution is 2.31. The third kappa shape index (κ3) is 6.30. The number of nitrogens with zero attached hydrogens (tertiary/aromatic N) is 2. The number of carboxylic acids is 1. The summed E-state index contributed by atoms with van der Waals surface area (Å²) in [5, 5.41) is 19.3. The van der Waals surface area contributed by atoms with E-state index in [1.54, 1.807) is 23.1 Å². The van der Waals surface area contributed by atoms with Crippen LogP contribution in [0.3, 0.4) is 0 Å². The monoisotopic (exact) mass is 516 g/mol. The molecule has 1 amide bonds. The molecule has 2 N–H and O–H groups in total. The first kappa shape index (κ1) is 27.5. The lowest BCUT2D eigenvalue weighted by molar-refractivity contribution is -0.0241. The van der Waals surface area contributed by atoms with E-state index in [0.717, 1.165) is 22.3 Å². The first-order chi connectivity index (χ1) is 18.3. The molecule has 1 aliphatic rings. The van der Waals surface area contributed by atoms with Crippen LogP contribution in [-0.2, 0) is 17.9 Å². The summed E-state index contributed by atoms with van der Waals surface area (Å²) in [5.74, 6) is -1.08. The Hall–Kier alpha value is -3.52. The summed E-state index contributed by atoms with van der Waals surface area (Å²) in [6, 6.07) is 22.2. The minimum absolute atomic E-state index is 0.0295. The van der Waals surface area contributed by atoms with Crippen molar-refractivity contribution >= 4 is 11.9 Å². The van der Waals surface area contributed by atoms with E-state index in [2.05, 4.69) is 11.8 Å². The molecule has 7 nitrogen and oxygen atoms in total. The van der Waals surface area contributed by atoms with Gasteiger partial charge in [-0.05, 0) is 54.4 Å². The number of hydrogen-bond donors (Lipinski definition) is 2. The summed E-state index contributed by atoms with van der Waals surface area (Å²) in [7, 11) is 1.98. The molecule has 0 saturated heterocycles. The molecule has 1 heterocycles. The Bertz CT molecular complexity index is 1280. The zero-order chi connectivity index (χ0) is 27.2. The third-order valence-corrected chi connectivity index (χ3v) is 7.21. The molecule has 0 fully saturated rings. The largest absolute Gasteiger partial charge is 0.478 e. The van der Waals surface area contributed by atoms with Crippen molar-refractivity contribution in [3.8, 4) is 11.1 Å². The van der Waals surface area contributed by atoms with Crippen molar-refractivity contribution in [2.45, 2.75) is 39.1 Å². The Morgan fingerprint density at radius 2 is 1.74 bits per heavy atom. The van der Waals surface area contributed by atoms with E-state index in [1.165, 1.54) is 0 Å². The van der Waals surface area contributed by atoms with Gasteiger partial charge in [-0.25, -0.2) is 4.79 Å². The van der Waals surface area contributed by atoms with Crippen LogP contribution in [0.25, 0.3) is 11.1 Å². The molecule has 0 unspecified atom stereocenters. The van der Waals surface area contributed by atoms with Crippen LogP contribution in [0.4, 0.5) is 0 Å². The van der Waals surface area contributed by atoms with Crippen molar-refractivity contribution in [1.29, 1.82) is 0 Å². The number of rotatable bonds is 7. The molecule has 200 valence electrons. The Labute approximate surface area is 224 Å². The number of benzene rings is 3. The van der Waals surface area contributed by atoms with Gasteiger partial charge in [-0.15, -0.1) is 0 Å². The quantitative estimate of drug-likeness (QED) is 0.479. The van der Waals surface area contributed by atoms with Crippen molar-refractivity contribution in [2.75, 3.05) is 26.7 Å². The fourth-order valence-corrected chi connectivity index (χ4v) is 5.04. The lowest BCUT2D eigenvalue weighted by Gasteiger charge is -2.35. The predicted molar refractivity (Wildman–Crippen MR) is 147 cm³/mol. The highest BCUT2D eigenvalue weighted by atomic mass is 16.5. The van der Waals surface area contributed by atoms with E-state index in [9.17, 15) is 19.8 Å². The fraction of sp³-hybridized carbons (Fsp3) is 0.355. The molecule has 3 aromatic carbocycles. The number of carbonyl (C=O) groups excluding carboxylic acids is 1. The number of aromatic carboxylic acids is 1. The normalized spacial score (nSPS) is 18.9. The van der Waals surface area contributed by atoms with Crippen molar-refractivity contribution in [3.63, 3.8) is 0 Å². The van der Waals surface area contributed by atoms with E-state index in [1.807, 2.05) is 68.6 Å². The molecular formula is C31H36N2O5. The summed E-state index contributed by atoms with van der Waals surface area (Å²) in [6.07, 6.45) is -0.210. The first-order valence-electron chi connectivity index (χ1n) is 13.0. The SMILES string of the molecule is C[C@@H]1CN([C@@H](C)CO)C(=O)c2ccccc2-c2ccccc2CO[C@@H]1CN(C)Cc1cccc(C(=O)O)c1. The van der Waals surface area contributed by atoms with Crippen LogP contribution in [0, 0.1) is 5.92 Å². The number of aliphatic hydroxyl groups is 1. The molecule has 4 rings (SSSR count). The summed E-state index contributed by atoms with van der Waals surface area (Å²) in [6.45, 7) is 5.77. The van der Waals surface area contributed by atoms with Gasteiger partial charge >= 0.3 is 5.97 Å². The molecule has 0 saturated carbocycles. The van der Waals surface area contributed by atoms with Crippen molar-refractivity contribution in [1.82, 2.24) is 9.80 Å². The van der Waals surface area contributed by atoms with E-state index in [0.29, 0.717) is 31.8 Å². The highest BCUT2D eigenvalue weighted by molar-refractivity contribution is 6.01. The average molecular weight is 517 g/mol. The third-order valence-electron chi connectivity index (χ3n) is 7.21. The zero-order valence-electron chi connectivity index (χ0n) is 22.2. The van der Waals surface area contributed by atoms with Crippen LogP contribution in [0.2, 0.25) is 0 Å². The highest BCUT2D eigenvalue weighted by Gasteiger charge is 2.30. The van der Waals surface area contributed by atoms with Gasteiger partial charge in [-0.1, -0.05) is 61.5 Å². The van der Waals surface area contributed by atoms with E-state index in [4.69, 9.17) is 4.74 Å². The molecule has 3 atom stereocenters. The van der Waals surface area contributed by atoms with Crippen LogP contribution in [0.15, 0.2) is 72.8 Å². The van der Waals surface area contributed by atoms with Gasteiger partial charge in [0.2, 0.25) is 0 Å². The molecule has 3 aromatic rings. The number of ether oxygens (including phenoxy) is 1. The second-order valence-corrected chi connectivity index (χ2v) is 10.2. The lowest BCUT2D eigenvalue weighted by atomic mass is 9.94. The standard InChI is InChI=1S/C31H36N2O5/c1-21-16-33(22(2)19-34)30(35)28-14-7-6-13-27(28)26-12-5-4-10-25(26)20-38-29(21)18-32(3)17-23-9-8-11-24(15-23)31(36)37/h4-15,21-22,29,34H,16-20H2,1-3H3,(H,36,37)/t21-,22+,29-/m1/s1. The number of aliphatic hydroxyl groups excluding tert-OH is 1. The summed E-state index contributed by atoms with van der Waals surface area (Å²) in [5.41, 5.74) is 4.60. The Morgan fingerprint density at radius 3 is 2.45 bits per heavy atom. The molecule has 0 spiro atoms. The second kappa shape index (κ2) is 12.3. The number of carboxylic acid groups (broad SMARTS) is 1. The van der Waals surface area contributed by atoms with E-state index in [-0.39, 0.29) is 36.1 Å². The van der Waals surface area contributed by atoms with Gasteiger partial charge < -0.3 is 19.8 Å². The van der Waals surface area contributed by atoms with Gasteiger partial charge in [0.1, 0.15) is 0 Å². The molecular weight excluding hydrogens is 480 g/mol. The maximum Gasteiger partial charge on any atom is 0.335 e. The zero-order valence-corrected chi connectivity index (χ0v) is 22.2. The average Bonchev–Trinajstić information content (AvgIpc) is 2.94. The lowest BCUT2D eigenvalue weighted by Crippen LogP contribution is -2.47. The molecule has 0 bridgehead atoms. The smallest absolute Gasteiger partial charge is 0.335 e. The Morgan fingerprint density at radius 1 is 1.05 bits per heavy atom. The summed E-state index contributed by atoms with van der Waals surface area (Å²) in [4.78, 5) is 29.2. The van der Waals surface area contributed by atoms with Crippen LogP contribution in [0.1, 0.15) is 45.7 Å². The molecule has 0 aromatic heterocycles. The van der Waals surface area contributed by atoms with Crippen molar-refractivity contribution in [2.24, 2.45) is 5.92 Å². The van der Waals surface area contributed by atoms with Gasteiger partial charge in [0, 0.05) is 31.1 Å². The second-order valence-electron chi connectivity index (χ2n) is 10.2. The van der Waals surface area contributed by atoms with Crippen molar-refractivity contribution in [3.05, 3.63) is 95.1 Å². The molecule has 1 aliphatic heterocycles. The van der Waals surface area contributed by atoms with Crippen LogP contribution >= 0.6 is 0 Å². The van der Waals surface area contributed by atoms with Gasteiger partial charge in [-0.2, -0.15) is 0 Å². The minimum atomic E-state index is -0.947. The Balaban J connectivity index is 1.65.